The molecule has 0 aliphatic carbocycles. The number of benzene rings is 2. The van der Waals surface area contributed by atoms with Gasteiger partial charge in [0.2, 0.25) is 0 Å². The summed E-state index contributed by atoms with van der Waals surface area (Å²) in [5, 5.41) is 8.99. The van der Waals surface area contributed by atoms with Gasteiger partial charge in [-0.1, -0.05) is 50.2 Å². The van der Waals surface area contributed by atoms with Crippen molar-refractivity contribution < 1.29 is 18.8 Å². The summed E-state index contributed by atoms with van der Waals surface area (Å²) in [7, 11) is 0. The molecule has 0 saturated carbocycles. The average molecular weight is 667 g/mol. The zero-order valence-electron chi connectivity index (χ0n) is 29.7. The number of piperazine rings is 1. The van der Waals surface area contributed by atoms with Crippen LogP contribution in [-0.2, 0) is 16.6 Å². The van der Waals surface area contributed by atoms with Crippen molar-refractivity contribution in [2.24, 2.45) is 0 Å². The van der Waals surface area contributed by atoms with Gasteiger partial charge in [-0.05, 0) is 69.9 Å². The van der Waals surface area contributed by atoms with Crippen LogP contribution in [-0.4, -0.2) is 85.2 Å². The number of amides is 2. The van der Waals surface area contributed by atoms with Crippen molar-refractivity contribution in [2.75, 3.05) is 32.7 Å². The van der Waals surface area contributed by atoms with Crippen molar-refractivity contribution in [3.05, 3.63) is 71.1 Å². The highest BCUT2D eigenvalue weighted by Gasteiger charge is 2.27. The summed E-state index contributed by atoms with van der Waals surface area (Å²) < 4.78 is 10.8. The second kappa shape index (κ2) is 13.2. The number of nitrogens with one attached hydrogen (secondary N) is 2. The Kier molecular flexibility index (Phi) is 9.19. The van der Waals surface area contributed by atoms with Gasteiger partial charge in [-0.15, -0.1) is 0 Å². The van der Waals surface area contributed by atoms with Crippen LogP contribution in [0.5, 0.6) is 0 Å². The quantitative estimate of drug-likeness (QED) is 0.203. The van der Waals surface area contributed by atoms with Crippen LogP contribution in [0.25, 0.3) is 33.2 Å². The minimum Gasteiger partial charge on any atom is -0.444 e. The molecule has 0 radical (unpaired) electrons. The number of nitrogens with zero attached hydrogens (tertiary/aromatic N) is 6. The van der Waals surface area contributed by atoms with Crippen molar-refractivity contribution in [3.63, 3.8) is 0 Å². The summed E-state index contributed by atoms with van der Waals surface area (Å²) >= 11 is 0. The van der Waals surface area contributed by atoms with Crippen LogP contribution in [0.4, 0.5) is 4.79 Å². The molecule has 49 heavy (non-hydrogen) atoms. The van der Waals surface area contributed by atoms with Gasteiger partial charge >= 0.3 is 17.9 Å². The minimum atomic E-state index is -0.486. The van der Waals surface area contributed by atoms with Crippen LogP contribution in [0, 0.1) is 6.92 Å². The van der Waals surface area contributed by atoms with E-state index >= 15 is 0 Å². The lowest BCUT2D eigenvalue weighted by atomic mass is 9.96. The molecule has 2 amide bonds. The zero-order valence-corrected chi connectivity index (χ0v) is 29.7. The van der Waals surface area contributed by atoms with Crippen molar-refractivity contribution in [1.82, 2.24) is 40.2 Å². The summed E-state index contributed by atoms with van der Waals surface area (Å²) in [5.74, 6) is 0.0352. The van der Waals surface area contributed by atoms with Gasteiger partial charge in [0.25, 0.3) is 0 Å². The normalized spacial score (nSPS) is 15.1. The second-order valence-corrected chi connectivity index (χ2v) is 14.9. The Labute approximate surface area is 286 Å². The molecule has 1 atom stereocenters. The first-order valence-electron chi connectivity index (χ1n) is 16.9. The number of hydrogen-bond donors (Lipinski definition) is 2. The molecular weight excluding hydrogens is 620 g/mol. The third-order valence-corrected chi connectivity index (χ3v) is 8.84. The Morgan fingerprint density at radius 2 is 1.78 bits per heavy atom. The van der Waals surface area contributed by atoms with Crippen LogP contribution >= 0.6 is 0 Å². The molecule has 1 aliphatic heterocycles. The number of carbonyl (C=O) groups excluding carboxylic acids is 2. The number of fused-ring (bicyclic) bond motifs is 3. The predicted octanol–water partition coefficient (Wildman–Crippen LogP) is 6.35. The predicted molar refractivity (Wildman–Crippen MR) is 188 cm³/mol. The highest BCUT2D eigenvalue weighted by Crippen LogP contribution is 2.34. The van der Waals surface area contributed by atoms with Gasteiger partial charge in [-0.25, -0.2) is 14.8 Å². The summed E-state index contributed by atoms with van der Waals surface area (Å²) in [6.07, 6.45) is 2.25. The molecular formula is C37H46N8O4. The van der Waals surface area contributed by atoms with Crippen molar-refractivity contribution in [1.29, 1.82) is 0 Å². The Morgan fingerprint density at radius 3 is 2.45 bits per heavy atom. The van der Waals surface area contributed by atoms with Crippen LogP contribution in [0.15, 0.2) is 47.2 Å². The maximum atomic E-state index is 12.9. The first-order valence-corrected chi connectivity index (χ1v) is 16.9. The summed E-state index contributed by atoms with van der Waals surface area (Å²) in [5.41, 5.74) is 6.04. The van der Waals surface area contributed by atoms with E-state index in [0.717, 1.165) is 70.4 Å². The Bertz CT molecular complexity index is 1990. The minimum absolute atomic E-state index is 0.0463. The molecule has 1 aliphatic rings. The molecule has 3 aromatic heterocycles. The highest BCUT2D eigenvalue weighted by atomic mass is 16.6. The maximum Gasteiger partial charge on any atom is 0.410 e. The van der Waals surface area contributed by atoms with Crippen molar-refractivity contribution in [3.8, 4) is 11.3 Å². The van der Waals surface area contributed by atoms with E-state index in [0.29, 0.717) is 18.9 Å². The molecule has 12 nitrogen and oxygen atoms in total. The average Bonchev–Trinajstić information content (AvgIpc) is 3.69. The topological polar surface area (TPSA) is 142 Å². The van der Waals surface area contributed by atoms with Gasteiger partial charge in [0.1, 0.15) is 17.6 Å². The largest absolute Gasteiger partial charge is 0.444 e. The standard InChI is InChI=1S/C37H46N8O4/c1-22-19-25(10-12-26(22)23(2)40-32(46)33-42-34(43-49-33)36(3,4)5)30-29-27-11-9-24(20-28(27)41-31(29)39-21-38-30)13-14-44-15-17-45(18-16-44)35(47)48-37(6,7)8/h9-12,19-21,23H,13-18H2,1-8H3,(H,40,46)(H,38,39,41)/t23-/m1/s1. The van der Waals surface area contributed by atoms with Crippen LogP contribution in [0.3, 0.4) is 0 Å². The molecule has 12 heteroatoms. The lowest BCUT2D eigenvalue weighted by Crippen LogP contribution is -2.50. The highest BCUT2D eigenvalue weighted by molar-refractivity contribution is 6.12. The fourth-order valence-electron chi connectivity index (χ4n) is 6.18. The van der Waals surface area contributed by atoms with Gasteiger partial charge in [0, 0.05) is 54.6 Å². The third kappa shape index (κ3) is 7.59. The molecule has 1 fully saturated rings. The van der Waals surface area contributed by atoms with Crippen molar-refractivity contribution >= 4 is 33.9 Å². The van der Waals surface area contributed by atoms with E-state index in [-0.39, 0.29) is 23.4 Å². The van der Waals surface area contributed by atoms with Crippen LogP contribution in [0.2, 0.25) is 0 Å². The number of aromatic amines is 1. The van der Waals surface area contributed by atoms with E-state index in [2.05, 4.69) is 54.6 Å². The number of ether oxygens (including phenoxy) is 1. The van der Waals surface area contributed by atoms with E-state index in [1.165, 1.54) is 5.56 Å². The van der Waals surface area contributed by atoms with E-state index in [1.807, 2.05) is 67.5 Å². The Morgan fingerprint density at radius 1 is 1.02 bits per heavy atom. The smallest absolute Gasteiger partial charge is 0.410 e. The van der Waals surface area contributed by atoms with Crippen molar-refractivity contribution in [2.45, 2.75) is 78.9 Å². The summed E-state index contributed by atoms with van der Waals surface area (Å²) in [6, 6.07) is 12.4. The number of rotatable bonds is 7. The number of carbonyl (C=O) groups is 2. The van der Waals surface area contributed by atoms with E-state index in [4.69, 9.17) is 14.2 Å². The molecule has 6 rings (SSSR count). The maximum absolute atomic E-state index is 12.9. The lowest BCUT2D eigenvalue weighted by Gasteiger charge is -2.35. The molecule has 258 valence electrons. The van der Waals surface area contributed by atoms with Gasteiger partial charge in [0.15, 0.2) is 5.82 Å². The molecule has 0 spiro atoms. The zero-order chi connectivity index (χ0) is 35.1. The fraction of sp³-hybridized carbons (Fsp3) is 0.459. The number of aryl methyl sites for hydroxylation is 1. The second-order valence-electron chi connectivity index (χ2n) is 14.9. The third-order valence-electron chi connectivity index (χ3n) is 8.84. The number of hydrogen-bond acceptors (Lipinski definition) is 9. The first-order chi connectivity index (χ1) is 23.2. The summed E-state index contributed by atoms with van der Waals surface area (Å²) in [4.78, 5) is 46.6. The van der Waals surface area contributed by atoms with Gasteiger partial charge < -0.3 is 24.5 Å². The molecule has 2 aromatic carbocycles. The first kappa shape index (κ1) is 34.0. The molecule has 5 aromatic rings. The Hall–Kier alpha value is -4.84. The molecule has 1 saturated heterocycles. The Balaban J connectivity index is 1.13. The van der Waals surface area contributed by atoms with E-state index in [1.54, 1.807) is 11.2 Å². The monoisotopic (exact) mass is 666 g/mol. The summed E-state index contributed by atoms with van der Waals surface area (Å²) in [6.45, 7) is 19.5. The van der Waals surface area contributed by atoms with E-state index < -0.39 is 11.5 Å². The van der Waals surface area contributed by atoms with E-state index in [9.17, 15) is 9.59 Å². The van der Waals surface area contributed by atoms with Crippen LogP contribution < -0.4 is 5.32 Å². The fourth-order valence-corrected chi connectivity index (χ4v) is 6.18. The lowest BCUT2D eigenvalue weighted by molar-refractivity contribution is 0.0146. The molecule has 0 unspecified atom stereocenters. The molecule has 4 heterocycles. The molecule has 2 N–H and O–H groups in total. The van der Waals surface area contributed by atoms with Crippen LogP contribution in [0.1, 0.15) is 87.7 Å². The molecule has 0 bridgehead atoms. The van der Waals surface area contributed by atoms with Gasteiger partial charge in [-0.3, -0.25) is 9.69 Å². The number of H-pyrrole nitrogens is 1. The SMILES string of the molecule is Cc1cc(-c2ncnc3[nH]c4cc(CCN5CCN(C(=O)OC(C)(C)C)CC5)ccc4c23)ccc1[C@@H](C)NC(=O)c1nc(C(C)(C)C)no1. The van der Waals surface area contributed by atoms with Gasteiger partial charge in [-0.2, -0.15) is 4.98 Å². The van der Waals surface area contributed by atoms with Gasteiger partial charge in [0.05, 0.1) is 17.1 Å². The number of aromatic nitrogens is 5.